The molecule has 4 aromatic rings. The molecule has 0 saturated heterocycles. The van der Waals surface area contributed by atoms with Crippen molar-refractivity contribution in [3.8, 4) is 0 Å². The second-order valence-corrected chi connectivity index (χ2v) is 12.1. The summed E-state index contributed by atoms with van der Waals surface area (Å²) in [6.45, 7) is -0.553. The van der Waals surface area contributed by atoms with E-state index in [0.717, 1.165) is 11.1 Å². The van der Waals surface area contributed by atoms with Gasteiger partial charge in [-0.15, -0.1) is 0 Å². The minimum absolute atomic E-state index is 0.0960. The minimum Gasteiger partial charge on any atom is -0.462 e. The van der Waals surface area contributed by atoms with Crippen LogP contribution in [0, 0.1) is 0 Å². The zero-order chi connectivity index (χ0) is 32.8. The summed E-state index contributed by atoms with van der Waals surface area (Å²) in [4.78, 5) is 37.0. The Bertz CT molecular complexity index is 1520. The molecular formula is C30H38N7O8P. The predicted molar refractivity (Wildman–Crippen MR) is 168 cm³/mol. The second kappa shape index (κ2) is 17.5. The number of carbonyl (C=O) groups is 2. The fourth-order valence-electron chi connectivity index (χ4n) is 4.27. The van der Waals surface area contributed by atoms with Gasteiger partial charge in [-0.2, -0.15) is 0 Å². The summed E-state index contributed by atoms with van der Waals surface area (Å²) in [5, 5.41) is 0. The summed E-state index contributed by atoms with van der Waals surface area (Å²) in [6, 6.07) is 16.8. The molecule has 2 aromatic carbocycles. The molecule has 0 bridgehead atoms. The van der Waals surface area contributed by atoms with E-state index in [-0.39, 0.29) is 38.9 Å². The SMILES string of the molecule is Nc1ncnc2c1ncn2CCOCP(=O)(OCCOC(=O)[C@@H](N)Cc1ccccc1)OCCOC(=O)[C@@H](N)Cc1ccccc1. The zero-order valence-electron chi connectivity index (χ0n) is 25.2. The molecule has 0 aliphatic carbocycles. The van der Waals surface area contributed by atoms with Gasteiger partial charge in [0.2, 0.25) is 0 Å². The smallest absolute Gasteiger partial charge is 0.356 e. The van der Waals surface area contributed by atoms with Crippen molar-refractivity contribution in [3.05, 3.63) is 84.4 Å². The molecule has 2 atom stereocenters. The van der Waals surface area contributed by atoms with Crippen LogP contribution in [0.4, 0.5) is 5.82 Å². The van der Waals surface area contributed by atoms with Gasteiger partial charge in [0.1, 0.15) is 43.5 Å². The maximum atomic E-state index is 13.5. The van der Waals surface area contributed by atoms with Crippen molar-refractivity contribution in [2.75, 3.05) is 45.1 Å². The van der Waals surface area contributed by atoms with Gasteiger partial charge >= 0.3 is 19.5 Å². The topological polar surface area (TPSA) is 219 Å². The van der Waals surface area contributed by atoms with Crippen molar-refractivity contribution in [2.45, 2.75) is 31.5 Å². The molecular weight excluding hydrogens is 617 g/mol. The van der Waals surface area contributed by atoms with Gasteiger partial charge in [-0.3, -0.25) is 14.2 Å². The third-order valence-electron chi connectivity index (χ3n) is 6.59. The lowest BCUT2D eigenvalue weighted by molar-refractivity contribution is -0.146. The van der Waals surface area contributed by atoms with E-state index in [4.69, 9.17) is 40.5 Å². The number of hydrogen-bond acceptors (Lipinski definition) is 14. The fraction of sp³-hybridized carbons (Fsp3) is 0.367. The van der Waals surface area contributed by atoms with E-state index in [1.807, 2.05) is 60.7 Å². The molecule has 46 heavy (non-hydrogen) atoms. The average molecular weight is 656 g/mol. The Balaban J connectivity index is 1.25. The number of anilines is 1. The third kappa shape index (κ3) is 10.7. The Hall–Kier alpha value is -4.24. The van der Waals surface area contributed by atoms with Crippen molar-refractivity contribution in [3.63, 3.8) is 0 Å². The third-order valence-corrected chi connectivity index (χ3v) is 8.24. The van der Waals surface area contributed by atoms with Crippen LogP contribution >= 0.6 is 7.60 Å². The number of carbonyl (C=O) groups excluding carboxylic acids is 2. The van der Waals surface area contributed by atoms with Crippen LogP contribution in [0.5, 0.6) is 0 Å². The van der Waals surface area contributed by atoms with Gasteiger partial charge in [0.15, 0.2) is 11.5 Å². The van der Waals surface area contributed by atoms with Crippen molar-refractivity contribution < 1.29 is 37.4 Å². The van der Waals surface area contributed by atoms with E-state index in [0.29, 0.717) is 30.6 Å². The van der Waals surface area contributed by atoms with E-state index in [2.05, 4.69) is 15.0 Å². The molecule has 2 aromatic heterocycles. The molecule has 0 aliphatic rings. The molecule has 0 aliphatic heterocycles. The standard InChI is InChI=1S/C30H38N7O8P/c31-24(17-22-7-3-1-4-8-22)29(38)42-13-15-44-46(40,21-41-12-11-37-20-36-26-27(33)34-19-35-28(26)37)45-16-14-43-30(39)25(32)18-23-9-5-2-6-10-23/h1-10,19-20,24-25H,11-18,21,31-32H2,(H2,33,34,35)/t24-,25-/m0/s1. The quantitative estimate of drug-likeness (QED) is 0.0746. The fourth-order valence-corrected chi connectivity index (χ4v) is 5.55. The molecule has 6 N–H and O–H groups in total. The van der Waals surface area contributed by atoms with Gasteiger partial charge in [-0.25, -0.2) is 15.0 Å². The number of nitrogens with zero attached hydrogens (tertiary/aromatic N) is 4. The summed E-state index contributed by atoms with van der Waals surface area (Å²) in [5.41, 5.74) is 20.5. The van der Waals surface area contributed by atoms with Gasteiger partial charge in [0.05, 0.1) is 26.1 Å². The first-order valence-electron chi connectivity index (χ1n) is 14.5. The van der Waals surface area contributed by atoms with E-state index >= 15 is 0 Å². The van der Waals surface area contributed by atoms with Crippen LogP contribution in [0.25, 0.3) is 11.2 Å². The summed E-state index contributed by atoms with van der Waals surface area (Å²) < 4.78 is 42.3. The molecule has 16 heteroatoms. The molecule has 4 rings (SSSR count). The number of imidazole rings is 1. The minimum atomic E-state index is -3.90. The Morgan fingerprint density at radius 2 is 1.30 bits per heavy atom. The largest absolute Gasteiger partial charge is 0.462 e. The zero-order valence-corrected chi connectivity index (χ0v) is 26.1. The van der Waals surface area contributed by atoms with Gasteiger partial charge in [0.25, 0.3) is 0 Å². The van der Waals surface area contributed by atoms with Crippen molar-refractivity contribution >= 4 is 36.5 Å². The molecule has 0 saturated carbocycles. The van der Waals surface area contributed by atoms with Crippen molar-refractivity contribution in [2.24, 2.45) is 11.5 Å². The first-order valence-corrected chi connectivity index (χ1v) is 16.3. The summed E-state index contributed by atoms with van der Waals surface area (Å²) in [7, 11) is -3.90. The number of nitrogen functional groups attached to an aromatic ring is 1. The van der Waals surface area contributed by atoms with Crippen LogP contribution in [0.2, 0.25) is 0 Å². The average Bonchev–Trinajstić information content (AvgIpc) is 3.48. The number of rotatable bonds is 19. The van der Waals surface area contributed by atoms with Gasteiger partial charge in [-0.05, 0) is 24.0 Å². The van der Waals surface area contributed by atoms with Crippen LogP contribution in [-0.4, -0.2) is 82.9 Å². The van der Waals surface area contributed by atoms with E-state index in [1.165, 1.54) is 6.33 Å². The number of nitrogens with two attached hydrogens (primary N) is 3. The van der Waals surface area contributed by atoms with Crippen LogP contribution in [0.3, 0.4) is 0 Å². The van der Waals surface area contributed by atoms with Crippen LogP contribution in [0.1, 0.15) is 11.1 Å². The molecule has 246 valence electrons. The van der Waals surface area contributed by atoms with Gasteiger partial charge in [0, 0.05) is 6.54 Å². The highest BCUT2D eigenvalue weighted by molar-refractivity contribution is 7.53. The highest BCUT2D eigenvalue weighted by atomic mass is 31.2. The van der Waals surface area contributed by atoms with Crippen LogP contribution < -0.4 is 17.2 Å². The summed E-state index contributed by atoms with van der Waals surface area (Å²) in [5.74, 6) is -1.01. The number of ether oxygens (including phenoxy) is 3. The molecule has 0 unspecified atom stereocenters. The maximum Gasteiger partial charge on any atom is 0.356 e. The number of fused-ring (bicyclic) bond motifs is 1. The predicted octanol–water partition coefficient (Wildman–Crippen LogP) is 1.84. The molecule has 0 fully saturated rings. The number of hydrogen-bond donors (Lipinski definition) is 3. The summed E-state index contributed by atoms with van der Waals surface area (Å²) in [6.07, 6.45) is 3.04. The lowest BCUT2D eigenvalue weighted by Crippen LogP contribution is -2.35. The van der Waals surface area contributed by atoms with Gasteiger partial charge < -0.3 is 45.0 Å². The molecule has 0 radical (unpaired) electrons. The first kappa shape index (κ1) is 34.6. The second-order valence-electron chi connectivity index (χ2n) is 10.1. The molecule has 0 amide bonds. The molecule has 0 spiro atoms. The van der Waals surface area contributed by atoms with E-state index in [9.17, 15) is 14.2 Å². The highest BCUT2D eigenvalue weighted by Crippen LogP contribution is 2.48. The van der Waals surface area contributed by atoms with E-state index in [1.54, 1.807) is 10.9 Å². The van der Waals surface area contributed by atoms with Crippen LogP contribution in [-0.2, 0) is 56.8 Å². The molecule has 2 heterocycles. The summed E-state index contributed by atoms with van der Waals surface area (Å²) >= 11 is 0. The lowest BCUT2D eigenvalue weighted by atomic mass is 10.1. The molecule has 15 nitrogen and oxygen atoms in total. The van der Waals surface area contributed by atoms with Crippen molar-refractivity contribution in [1.29, 1.82) is 0 Å². The lowest BCUT2D eigenvalue weighted by Gasteiger charge is -2.19. The Labute approximate surface area is 265 Å². The van der Waals surface area contributed by atoms with Gasteiger partial charge in [-0.1, -0.05) is 60.7 Å². The Morgan fingerprint density at radius 3 is 1.85 bits per heavy atom. The maximum absolute atomic E-state index is 13.5. The Kier molecular flexibility index (Phi) is 13.1. The highest BCUT2D eigenvalue weighted by Gasteiger charge is 2.26. The monoisotopic (exact) mass is 655 g/mol. The van der Waals surface area contributed by atoms with E-state index < -0.39 is 38.0 Å². The number of aromatic nitrogens is 4. The number of esters is 2. The number of benzene rings is 2. The van der Waals surface area contributed by atoms with Crippen molar-refractivity contribution in [1.82, 2.24) is 19.5 Å². The first-order chi connectivity index (χ1) is 22.2. The van der Waals surface area contributed by atoms with Crippen LogP contribution in [0.15, 0.2) is 73.3 Å². The Morgan fingerprint density at radius 1 is 0.761 bits per heavy atom. The normalized spacial score (nSPS) is 12.9.